The Morgan fingerprint density at radius 2 is 2.00 bits per heavy atom. The maximum Gasteiger partial charge on any atom is 0.414 e. The zero-order valence-electron chi connectivity index (χ0n) is 19.9. The molecule has 8 heteroatoms. The van der Waals surface area contributed by atoms with E-state index in [4.69, 9.17) is 4.74 Å². The number of carbonyl (C=O) groups excluding carboxylic acids is 2. The van der Waals surface area contributed by atoms with Crippen LogP contribution in [0.4, 0.5) is 14.9 Å². The van der Waals surface area contributed by atoms with E-state index in [9.17, 15) is 14.0 Å². The number of cyclic esters (lactones) is 1. The molecule has 2 aliphatic rings. The van der Waals surface area contributed by atoms with Crippen LogP contribution in [0.2, 0.25) is 0 Å². The van der Waals surface area contributed by atoms with Crippen molar-refractivity contribution >= 4 is 17.7 Å². The number of amides is 2. The number of anilines is 1. The molecule has 0 bridgehead atoms. The molecule has 0 radical (unpaired) electrons. The fourth-order valence-electron chi connectivity index (χ4n) is 4.65. The molecule has 2 aromatic carbocycles. The number of hydrogen-bond acceptors (Lipinski definition) is 5. The van der Waals surface area contributed by atoms with E-state index in [0.29, 0.717) is 17.3 Å². The molecule has 182 valence electrons. The number of benzene rings is 2. The maximum absolute atomic E-state index is 14.9. The minimum Gasteiger partial charge on any atom is -0.442 e. The Morgan fingerprint density at radius 3 is 2.68 bits per heavy atom. The van der Waals surface area contributed by atoms with Crippen molar-refractivity contribution in [1.29, 1.82) is 0 Å². The van der Waals surface area contributed by atoms with Crippen molar-refractivity contribution < 1.29 is 18.7 Å². The van der Waals surface area contributed by atoms with Crippen molar-refractivity contribution in [3.63, 3.8) is 0 Å². The van der Waals surface area contributed by atoms with E-state index in [1.54, 1.807) is 12.1 Å². The van der Waals surface area contributed by atoms with Crippen molar-refractivity contribution in [3.8, 4) is 11.1 Å². The minimum atomic E-state index is -0.543. The van der Waals surface area contributed by atoms with E-state index in [2.05, 4.69) is 22.6 Å². The fourth-order valence-corrected chi connectivity index (χ4v) is 4.65. The normalized spacial score (nSPS) is 20.6. The average molecular weight is 469 g/mol. The highest BCUT2D eigenvalue weighted by Crippen LogP contribution is 2.29. The Hall–Kier alpha value is -2.97. The van der Waals surface area contributed by atoms with Gasteiger partial charge in [-0.3, -0.25) is 9.69 Å². The zero-order valence-corrected chi connectivity index (χ0v) is 19.9. The second kappa shape index (κ2) is 11.0. The van der Waals surface area contributed by atoms with E-state index < -0.39 is 18.0 Å². The van der Waals surface area contributed by atoms with Gasteiger partial charge in [-0.1, -0.05) is 24.3 Å². The third-order valence-electron chi connectivity index (χ3n) is 6.64. The van der Waals surface area contributed by atoms with Crippen molar-refractivity contribution in [2.75, 3.05) is 38.1 Å². The molecular weight excluding hydrogens is 435 g/mol. The van der Waals surface area contributed by atoms with Gasteiger partial charge >= 0.3 is 6.09 Å². The number of nitrogens with zero attached hydrogens (tertiary/aromatic N) is 2. The van der Waals surface area contributed by atoms with Gasteiger partial charge in [0.1, 0.15) is 11.9 Å². The molecule has 2 aliphatic heterocycles. The third kappa shape index (κ3) is 5.93. The minimum absolute atomic E-state index is 0.191. The maximum atomic E-state index is 14.9. The van der Waals surface area contributed by atoms with Crippen LogP contribution in [0.5, 0.6) is 0 Å². The molecule has 0 unspecified atom stereocenters. The molecule has 0 saturated carbocycles. The van der Waals surface area contributed by atoms with Crippen LogP contribution in [0.3, 0.4) is 0 Å². The van der Waals surface area contributed by atoms with Crippen LogP contribution < -0.4 is 15.5 Å². The average Bonchev–Trinajstić information content (AvgIpc) is 3.40. The second-order valence-electron chi connectivity index (χ2n) is 9.16. The van der Waals surface area contributed by atoms with Gasteiger partial charge in [0.05, 0.1) is 18.8 Å². The summed E-state index contributed by atoms with van der Waals surface area (Å²) >= 11 is 0. The number of hydrogen-bond donors (Lipinski definition) is 2. The Balaban J connectivity index is 1.32. The molecule has 2 N–H and O–H groups in total. The highest BCUT2D eigenvalue weighted by molar-refractivity contribution is 5.90. The number of nitrogens with one attached hydrogen (secondary N) is 2. The van der Waals surface area contributed by atoms with Crippen LogP contribution >= 0.6 is 0 Å². The summed E-state index contributed by atoms with van der Waals surface area (Å²) in [5.74, 6) is -0.592. The molecule has 2 amide bonds. The molecule has 2 fully saturated rings. The van der Waals surface area contributed by atoms with E-state index in [1.807, 2.05) is 24.3 Å². The summed E-state index contributed by atoms with van der Waals surface area (Å²) in [6, 6.07) is 13.3. The van der Waals surface area contributed by atoms with Crippen LogP contribution in [-0.4, -0.2) is 62.3 Å². The lowest BCUT2D eigenvalue weighted by atomic mass is 10.0. The van der Waals surface area contributed by atoms with Gasteiger partial charge in [-0.15, -0.1) is 0 Å². The largest absolute Gasteiger partial charge is 0.442 e. The standard InChI is InChI=1S/C26H33FN4O3/c1-18(32)29-16-23-17-31(26(33)34-23)22-9-10-24(25(27)14-22)20-7-5-19(6-8-20)15-28-12-11-21-4-3-13-30(21)2/h5-10,14,21,23,28H,3-4,11-13,15-17H2,1-2H3,(H,29,32)/t21-,23+/m1/s1. The fraction of sp³-hybridized carbons (Fsp3) is 0.462. The van der Waals surface area contributed by atoms with Gasteiger partial charge < -0.3 is 20.3 Å². The highest BCUT2D eigenvalue weighted by atomic mass is 19.1. The second-order valence-corrected chi connectivity index (χ2v) is 9.16. The number of likely N-dealkylation sites (tertiary alicyclic amines) is 1. The molecular formula is C26H33FN4O3. The van der Waals surface area contributed by atoms with E-state index in [1.165, 1.54) is 37.3 Å². The molecule has 0 aliphatic carbocycles. The van der Waals surface area contributed by atoms with Crippen LogP contribution in [0, 0.1) is 5.82 Å². The monoisotopic (exact) mass is 468 g/mol. The van der Waals surface area contributed by atoms with Crippen molar-refractivity contribution in [3.05, 3.63) is 53.8 Å². The Bertz CT molecular complexity index is 1010. The van der Waals surface area contributed by atoms with Gasteiger partial charge in [0, 0.05) is 25.1 Å². The quantitative estimate of drug-likeness (QED) is 0.551. The van der Waals surface area contributed by atoms with Crippen molar-refractivity contribution in [2.24, 2.45) is 0 Å². The van der Waals surface area contributed by atoms with E-state index in [0.717, 1.165) is 30.6 Å². The van der Waals surface area contributed by atoms with Crippen LogP contribution in [0.15, 0.2) is 42.5 Å². The Labute approximate surface area is 200 Å². The molecule has 0 spiro atoms. The van der Waals surface area contributed by atoms with Gasteiger partial charge in [-0.25, -0.2) is 9.18 Å². The summed E-state index contributed by atoms with van der Waals surface area (Å²) in [6.45, 7) is 4.87. The summed E-state index contributed by atoms with van der Waals surface area (Å²) in [5.41, 5.74) is 2.86. The van der Waals surface area contributed by atoms with Gasteiger partial charge in [0.2, 0.25) is 5.91 Å². The van der Waals surface area contributed by atoms with Crippen molar-refractivity contribution in [2.45, 2.75) is 44.9 Å². The van der Waals surface area contributed by atoms with Gasteiger partial charge in [-0.2, -0.15) is 0 Å². The summed E-state index contributed by atoms with van der Waals surface area (Å²) in [6.07, 6.45) is 2.73. The van der Waals surface area contributed by atoms with Gasteiger partial charge in [0.25, 0.3) is 0 Å². The first-order valence-electron chi connectivity index (χ1n) is 11.9. The predicted molar refractivity (Wildman–Crippen MR) is 130 cm³/mol. The molecule has 2 atom stereocenters. The lowest BCUT2D eigenvalue weighted by Gasteiger charge is -2.19. The van der Waals surface area contributed by atoms with E-state index in [-0.39, 0.29) is 19.0 Å². The molecule has 34 heavy (non-hydrogen) atoms. The first-order valence-corrected chi connectivity index (χ1v) is 11.9. The Morgan fingerprint density at radius 1 is 1.21 bits per heavy atom. The van der Waals surface area contributed by atoms with E-state index >= 15 is 0 Å². The zero-order chi connectivity index (χ0) is 24.1. The van der Waals surface area contributed by atoms with Crippen LogP contribution in [-0.2, 0) is 16.1 Å². The summed E-state index contributed by atoms with van der Waals surface area (Å²) < 4.78 is 20.2. The smallest absolute Gasteiger partial charge is 0.414 e. The number of rotatable bonds is 9. The van der Waals surface area contributed by atoms with Crippen LogP contribution in [0.25, 0.3) is 11.1 Å². The molecule has 2 aromatic rings. The SMILES string of the molecule is CC(=O)NC[C@H]1CN(c2ccc(-c3ccc(CNCC[C@H]4CCCN4C)cc3)c(F)c2)C(=O)O1. The number of ether oxygens (including phenoxy) is 1. The lowest BCUT2D eigenvalue weighted by molar-refractivity contribution is -0.119. The van der Waals surface area contributed by atoms with Crippen molar-refractivity contribution in [1.82, 2.24) is 15.5 Å². The summed E-state index contributed by atoms with van der Waals surface area (Å²) in [5, 5.41) is 6.14. The molecule has 7 nitrogen and oxygen atoms in total. The number of halogens is 1. The first kappa shape index (κ1) is 24.2. The summed E-state index contributed by atoms with van der Waals surface area (Å²) in [7, 11) is 2.20. The highest BCUT2D eigenvalue weighted by Gasteiger charge is 2.32. The molecule has 2 saturated heterocycles. The number of carbonyl (C=O) groups is 2. The van der Waals surface area contributed by atoms with Crippen LogP contribution in [0.1, 0.15) is 31.7 Å². The van der Waals surface area contributed by atoms with Gasteiger partial charge in [0.15, 0.2) is 0 Å². The topological polar surface area (TPSA) is 73.9 Å². The first-order chi connectivity index (χ1) is 16.4. The Kier molecular flexibility index (Phi) is 7.80. The molecule has 4 rings (SSSR count). The predicted octanol–water partition coefficient (Wildman–Crippen LogP) is 3.53. The third-order valence-corrected chi connectivity index (χ3v) is 6.64. The summed E-state index contributed by atoms with van der Waals surface area (Å²) in [4.78, 5) is 27.1. The molecule has 2 heterocycles. The lowest BCUT2D eigenvalue weighted by Crippen LogP contribution is -2.33. The molecule has 0 aromatic heterocycles. The van der Waals surface area contributed by atoms with Gasteiger partial charge in [-0.05, 0) is 68.7 Å².